The smallest absolute Gasteiger partial charge is 0.190 e. The van der Waals surface area contributed by atoms with Gasteiger partial charge in [-0.05, 0) is 49.8 Å². The van der Waals surface area contributed by atoms with Crippen molar-refractivity contribution in [3.05, 3.63) is 11.3 Å². The second-order valence-corrected chi connectivity index (χ2v) is 7.67. The van der Waals surface area contributed by atoms with Crippen LogP contribution < -0.4 is 0 Å². The third-order valence-corrected chi connectivity index (χ3v) is 6.01. The van der Waals surface area contributed by atoms with E-state index in [1.54, 1.807) is 11.8 Å². The van der Waals surface area contributed by atoms with E-state index in [9.17, 15) is 0 Å². The second kappa shape index (κ2) is 7.05. The van der Waals surface area contributed by atoms with Crippen molar-refractivity contribution in [3.63, 3.8) is 0 Å². The summed E-state index contributed by atoms with van der Waals surface area (Å²) in [5.41, 5.74) is 3.96. The minimum absolute atomic E-state index is 0.932. The molecule has 3 nitrogen and oxygen atoms in total. The Morgan fingerprint density at radius 3 is 2.57 bits per heavy atom. The number of aromatic amines is 1. The Morgan fingerprint density at radius 1 is 1.00 bits per heavy atom. The van der Waals surface area contributed by atoms with E-state index >= 15 is 0 Å². The van der Waals surface area contributed by atoms with Gasteiger partial charge in [-0.1, -0.05) is 25.6 Å². The molecule has 2 aromatic rings. The van der Waals surface area contributed by atoms with Crippen molar-refractivity contribution in [1.29, 1.82) is 0 Å². The van der Waals surface area contributed by atoms with Crippen LogP contribution in [0.15, 0.2) is 10.2 Å². The lowest BCUT2D eigenvalue weighted by atomic mass is 9.96. The summed E-state index contributed by atoms with van der Waals surface area (Å²) in [4.78, 5) is 13.2. The van der Waals surface area contributed by atoms with Crippen LogP contribution in [0.1, 0.15) is 50.8 Å². The van der Waals surface area contributed by atoms with E-state index in [4.69, 9.17) is 9.97 Å². The summed E-state index contributed by atoms with van der Waals surface area (Å²) in [5.74, 6) is 2.22. The minimum atomic E-state index is 0.932. The monoisotopic (exact) mass is 321 g/mol. The molecular formula is C16H23N3S2. The molecule has 2 heterocycles. The number of fused-ring (bicyclic) bond motifs is 3. The van der Waals surface area contributed by atoms with Crippen molar-refractivity contribution in [3.8, 4) is 0 Å². The molecule has 1 aliphatic rings. The van der Waals surface area contributed by atoms with Gasteiger partial charge in [0, 0.05) is 11.4 Å². The molecule has 0 unspecified atom stereocenters. The number of hydrogen-bond acceptors (Lipinski definition) is 4. The molecule has 0 aromatic carbocycles. The Labute approximate surface area is 135 Å². The highest BCUT2D eigenvalue weighted by Crippen LogP contribution is 2.35. The third kappa shape index (κ3) is 3.24. The van der Waals surface area contributed by atoms with Crippen molar-refractivity contribution in [2.45, 2.75) is 62.6 Å². The Morgan fingerprint density at radius 2 is 1.76 bits per heavy atom. The zero-order valence-corrected chi connectivity index (χ0v) is 14.5. The van der Waals surface area contributed by atoms with Gasteiger partial charge in [-0.2, -0.15) is 0 Å². The molecule has 0 atom stereocenters. The van der Waals surface area contributed by atoms with Crippen molar-refractivity contribution in [1.82, 2.24) is 15.0 Å². The fraction of sp³-hybridized carbons (Fsp3) is 0.625. The number of nitrogens with one attached hydrogen (secondary N) is 1. The van der Waals surface area contributed by atoms with E-state index in [0.717, 1.165) is 28.7 Å². The van der Waals surface area contributed by atoms with Crippen LogP contribution in [0.5, 0.6) is 0 Å². The molecule has 0 amide bonds. The minimum Gasteiger partial charge on any atom is -0.343 e. The number of thioether (sulfide) groups is 2. The number of rotatable bonds is 6. The van der Waals surface area contributed by atoms with Gasteiger partial charge in [-0.25, -0.2) is 9.97 Å². The maximum Gasteiger partial charge on any atom is 0.190 e. The summed E-state index contributed by atoms with van der Waals surface area (Å²) in [6, 6.07) is 0. The molecular weight excluding hydrogens is 298 g/mol. The molecule has 0 radical (unpaired) electrons. The zero-order chi connectivity index (χ0) is 14.7. The highest BCUT2D eigenvalue weighted by molar-refractivity contribution is 7.99. The molecule has 21 heavy (non-hydrogen) atoms. The Balaban J connectivity index is 2.05. The van der Waals surface area contributed by atoms with E-state index in [2.05, 4.69) is 18.8 Å². The molecule has 0 bridgehead atoms. The molecule has 5 heteroatoms. The molecule has 1 aliphatic carbocycles. The first-order valence-electron chi connectivity index (χ1n) is 8.00. The maximum absolute atomic E-state index is 4.85. The number of nitrogens with zero attached hydrogens (tertiary/aromatic N) is 2. The first-order chi connectivity index (χ1) is 10.3. The molecule has 1 N–H and O–H groups in total. The summed E-state index contributed by atoms with van der Waals surface area (Å²) in [5, 5.41) is 3.44. The molecule has 114 valence electrons. The van der Waals surface area contributed by atoms with E-state index < -0.39 is 0 Å². The van der Waals surface area contributed by atoms with Crippen molar-refractivity contribution >= 4 is 34.6 Å². The standard InChI is InChI=1S/C16H23N3S2/c1-3-9-20-15-13-11-7-5-6-8-12(11)17-14(13)18-16(19-15)21-10-4-2/h3-10H2,1-2H3,(H,17,18,19). The van der Waals surface area contributed by atoms with Gasteiger partial charge in [0.1, 0.15) is 10.7 Å². The summed E-state index contributed by atoms with van der Waals surface area (Å²) in [6.07, 6.45) is 7.28. The first kappa shape index (κ1) is 15.2. The third-order valence-electron chi connectivity index (χ3n) is 3.77. The van der Waals surface area contributed by atoms with Crippen molar-refractivity contribution in [2.75, 3.05) is 11.5 Å². The van der Waals surface area contributed by atoms with E-state index in [1.807, 2.05) is 11.8 Å². The highest BCUT2D eigenvalue weighted by Gasteiger charge is 2.20. The van der Waals surface area contributed by atoms with Gasteiger partial charge in [0.15, 0.2) is 5.16 Å². The number of hydrogen-bond donors (Lipinski definition) is 1. The lowest BCUT2D eigenvalue weighted by Crippen LogP contribution is -2.00. The van der Waals surface area contributed by atoms with E-state index in [0.29, 0.717) is 0 Å². The van der Waals surface area contributed by atoms with Gasteiger partial charge in [0.2, 0.25) is 0 Å². The van der Waals surface area contributed by atoms with Crippen LogP contribution in [0.4, 0.5) is 0 Å². The van der Waals surface area contributed by atoms with Gasteiger partial charge in [-0.3, -0.25) is 0 Å². The largest absolute Gasteiger partial charge is 0.343 e. The summed E-state index contributed by atoms with van der Waals surface area (Å²) < 4.78 is 0. The fourth-order valence-electron chi connectivity index (χ4n) is 2.81. The van der Waals surface area contributed by atoms with Gasteiger partial charge in [0.05, 0.1) is 5.39 Å². The van der Waals surface area contributed by atoms with Crippen LogP contribution in [-0.2, 0) is 12.8 Å². The summed E-state index contributed by atoms with van der Waals surface area (Å²) in [6.45, 7) is 4.43. The van der Waals surface area contributed by atoms with Crippen LogP contribution in [0.2, 0.25) is 0 Å². The van der Waals surface area contributed by atoms with Crippen LogP contribution in [0.3, 0.4) is 0 Å². The molecule has 2 aromatic heterocycles. The molecule has 0 saturated heterocycles. The van der Waals surface area contributed by atoms with Crippen LogP contribution in [0, 0.1) is 0 Å². The van der Waals surface area contributed by atoms with Gasteiger partial charge in [-0.15, -0.1) is 11.8 Å². The Bertz CT molecular complexity index is 621. The Kier molecular flexibility index (Phi) is 5.11. The number of aryl methyl sites for hydroxylation is 2. The fourth-order valence-corrected chi connectivity index (χ4v) is 4.48. The zero-order valence-electron chi connectivity index (χ0n) is 12.9. The van der Waals surface area contributed by atoms with Crippen molar-refractivity contribution in [2.24, 2.45) is 0 Å². The summed E-state index contributed by atoms with van der Waals surface area (Å²) >= 11 is 3.66. The average Bonchev–Trinajstić information content (AvgIpc) is 2.89. The predicted molar refractivity (Wildman–Crippen MR) is 92.6 cm³/mol. The van der Waals surface area contributed by atoms with E-state index in [1.165, 1.54) is 53.8 Å². The topological polar surface area (TPSA) is 41.6 Å². The average molecular weight is 322 g/mol. The van der Waals surface area contributed by atoms with Crippen LogP contribution >= 0.6 is 23.5 Å². The number of H-pyrrole nitrogens is 1. The van der Waals surface area contributed by atoms with Gasteiger partial charge < -0.3 is 4.98 Å². The molecule has 0 aliphatic heterocycles. The predicted octanol–water partition coefficient (Wildman–Crippen LogP) is 4.84. The highest BCUT2D eigenvalue weighted by atomic mass is 32.2. The quantitative estimate of drug-likeness (QED) is 0.469. The molecule has 0 saturated carbocycles. The first-order valence-corrected chi connectivity index (χ1v) is 9.97. The van der Waals surface area contributed by atoms with E-state index in [-0.39, 0.29) is 0 Å². The van der Waals surface area contributed by atoms with Gasteiger partial charge >= 0.3 is 0 Å². The Hall–Kier alpha value is -0.680. The van der Waals surface area contributed by atoms with Crippen LogP contribution in [-0.4, -0.2) is 26.5 Å². The lowest BCUT2D eigenvalue weighted by molar-refractivity contribution is 0.679. The molecule has 0 spiro atoms. The SMILES string of the molecule is CCCSc1nc(SCCC)c2c3c([nH]c2n1)CCCC3. The van der Waals surface area contributed by atoms with Crippen LogP contribution in [0.25, 0.3) is 11.0 Å². The molecule has 3 rings (SSSR count). The summed E-state index contributed by atoms with van der Waals surface area (Å²) in [7, 11) is 0. The number of aromatic nitrogens is 3. The normalized spacial score (nSPS) is 14.6. The van der Waals surface area contributed by atoms with Crippen molar-refractivity contribution < 1.29 is 0 Å². The lowest BCUT2D eigenvalue weighted by Gasteiger charge is -2.11. The van der Waals surface area contributed by atoms with Gasteiger partial charge in [0.25, 0.3) is 0 Å². The maximum atomic E-state index is 4.85. The second-order valence-electron chi connectivity index (χ2n) is 5.52. The molecule has 0 fully saturated rings.